The second-order valence-corrected chi connectivity index (χ2v) is 6.42. The van der Waals surface area contributed by atoms with Crippen molar-refractivity contribution in [3.8, 4) is 11.5 Å². The van der Waals surface area contributed by atoms with Crippen molar-refractivity contribution in [1.29, 1.82) is 0 Å². The Kier molecular flexibility index (Phi) is 6.71. The van der Waals surface area contributed by atoms with Gasteiger partial charge in [-0.15, -0.1) is 0 Å². The number of ether oxygens (including phenoxy) is 2. The Labute approximate surface area is 154 Å². The maximum absolute atomic E-state index is 12.3. The van der Waals surface area contributed by atoms with Gasteiger partial charge < -0.3 is 14.8 Å². The molecule has 2 aromatic rings. The van der Waals surface area contributed by atoms with Crippen molar-refractivity contribution in [2.24, 2.45) is 0 Å². The van der Waals surface area contributed by atoms with Crippen LogP contribution in [0.5, 0.6) is 11.5 Å². The number of rotatable bonds is 7. The molecule has 2 aromatic carbocycles. The number of carbonyl (C=O) groups excluding carboxylic acids is 1. The molecule has 1 amide bonds. The molecule has 5 heteroatoms. The summed E-state index contributed by atoms with van der Waals surface area (Å²) in [6.07, 6.45) is 0. The Hall–Kier alpha value is -2.20. The van der Waals surface area contributed by atoms with Gasteiger partial charge in [0.25, 0.3) is 5.91 Å². The van der Waals surface area contributed by atoms with Crippen LogP contribution in [-0.4, -0.2) is 25.2 Å². The summed E-state index contributed by atoms with van der Waals surface area (Å²) in [5, 5.41) is 3.33. The molecule has 0 heterocycles. The smallest absolute Gasteiger partial charge is 0.251 e. The van der Waals surface area contributed by atoms with E-state index in [1.807, 2.05) is 39.0 Å². The van der Waals surface area contributed by atoms with Crippen molar-refractivity contribution in [2.45, 2.75) is 33.7 Å². The van der Waals surface area contributed by atoms with E-state index in [1.54, 1.807) is 18.2 Å². The standard InChI is InChI=1S/C20H24ClNO3/c1-5-24-19-9-7-16(11-18(19)21)20(23)22-15(4)12-25-17-8-6-13(2)14(3)10-17/h6-11,15H,5,12H2,1-4H3,(H,22,23). The van der Waals surface area contributed by atoms with E-state index >= 15 is 0 Å². The minimum atomic E-state index is -0.193. The summed E-state index contributed by atoms with van der Waals surface area (Å²) in [6.45, 7) is 8.80. The van der Waals surface area contributed by atoms with Crippen molar-refractivity contribution < 1.29 is 14.3 Å². The highest BCUT2D eigenvalue weighted by molar-refractivity contribution is 6.32. The monoisotopic (exact) mass is 361 g/mol. The normalized spacial score (nSPS) is 11.7. The predicted octanol–water partition coefficient (Wildman–Crippen LogP) is 4.55. The number of benzene rings is 2. The molecule has 0 fully saturated rings. The van der Waals surface area contributed by atoms with Gasteiger partial charge in [-0.3, -0.25) is 4.79 Å². The predicted molar refractivity (Wildman–Crippen MR) is 101 cm³/mol. The van der Waals surface area contributed by atoms with Crippen molar-refractivity contribution in [3.05, 3.63) is 58.1 Å². The summed E-state index contributed by atoms with van der Waals surface area (Å²) in [6, 6.07) is 10.8. The molecule has 0 aromatic heterocycles. The molecule has 0 spiro atoms. The van der Waals surface area contributed by atoms with Crippen LogP contribution in [0.2, 0.25) is 5.02 Å². The third-order valence-electron chi connectivity index (χ3n) is 3.85. The van der Waals surface area contributed by atoms with Crippen LogP contribution in [0.3, 0.4) is 0 Å². The number of amides is 1. The average molecular weight is 362 g/mol. The van der Waals surface area contributed by atoms with E-state index in [-0.39, 0.29) is 11.9 Å². The molecule has 0 radical (unpaired) electrons. The number of halogens is 1. The van der Waals surface area contributed by atoms with E-state index < -0.39 is 0 Å². The lowest BCUT2D eigenvalue weighted by molar-refractivity contribution is 0.0926. The molecule has 4 nitrogen and oxygen atoms in total. The fourth-order valence-electron chi connectivity index (χ4n) is 2.29. The van der Waals surface area contributed by atoms with Crippen LogP contribution in [0, 0.1) is 13.8 Å². The van der Waals surface area contributed by atoms with E-state index in [4.69, 9.17) is 21.1 Å². The second-order valence-electron chi connectivity index (χ2n) is 6.01. The zero-order chi connectivity index (χ0) is 18.4. The lowest BCUT2D eigenvalue weighted by Gasteiger charge is -2.16. The van der Waals surface area contributed by atoms with Crippen LogP contribution < -0.4 is 14.8 Å². The Bertz CT molecular complexity index is 746. The number of nitrogens with one attached hydrogen (secondary N) is 1. The zero-order valence-corrected chi connectivity index (χ0v) is 15.8. The maximum Gasteiger partial charge on any atom is 0.251 e. The van der Waals surface area contributed by atoms with Crippen molar-refractivity contribution in [1.82, 2.24) is 5.32 Å². The van der Waals surface area contributed by atoms with Gasteiger partial charge in [0.15, 0.2) is 0 Å². The Balaban J connectivity index is 1.91. The van der Waals surface area contributed by atoms with Gasteiger partial charge in [0.1, 0.15) is 18.1 Å². The number of hydrogen-bond acceptors (Lipinski definition) is 3. The molecular weight excluding hydrogens is 338 g/mol. The largest absolute Gasteiger partial charge is 0.492 e. The molecule has 0 bridgehead atoms. The molecular formula is C20H24ClNO3. The molecule has 0 saturated carbocycles. The summed E-state index contributed by atoms with van der Waals surface area (Å²) in [5.74, 6) is 1.18. The highest BCUT2D eigenvalue weighted by atomic mass is 35.5. The van der Waals surface area contributed by atoms with Crippen LogP contribution >= 0.6 is 11.6 Å². The average Bonchev–Trinajstić information content (AvgIpc) is 2.58. The Morgan fingerprint density at radius 2 is 1.88 bits per heavy atom. The van der Waals surface area contributed by atoms with Crippen LogP contribution in [0.25, 0.3) is 0 Å². The zero-order valence-electron chi connectivity index (χ0n) is 15.1. The highest BCUT2D eigenvalue weighted by Crippen LogP contribution is 2.25. The van der Waals surface area contributed by atoms with Gasteiger partial charge in [0, 0.05) is 5.56 Å². The molecule has 2 rings (SSSR count). The van der Waals surface area contributed by atoms with E-state index in [2.05, 4.69) is 12.2 Å². The Morgan fingerprint density at radius 1 is 1.12 bits per heavy atom. The molecule has 1 atom stereocenters. The number of hydrogen-bond donors (Lipinski definition) is 1. The van der Waals surface area contributed by atoms with Crippen LogP contribution in [-0.2, 0) is 0 Å². The maximum atomic E-state index is 12.3. The third-order valence-corrected chi connectivity index (χ3v) is 4.15. The summed E-state index contributed by atoms with van der Waals surface area (Å²) < 4.78 is 11.1. The van der Waals surface area contributed by atoms with Gasteiger partial charge in [-0.2, -0.15) is 0 Å². The molecule has 134 valence electrons. The van der Waals surface area contributed by atoms with Gasteiger partial charge >= 0.3 is 0 Å². The number of carbonyl (C=O) groups is 1. The summed E-state index contributed by atoms with van der Waals surface area (Å²) >= 11 is 6.13. The first-order chi connectivity index (χ1) is 11.9. The minimum Gasteiger partial charge on any atom is -0.492 e. The molecule has 0 aliphatic heterocycles. The second kappa shape index (κ2) is 8.77. The van der Waals surface area contributed by atoms with Crippen LogP contribution in [0.15, 0.2) is 36.4 Å². The molecule has 25 heavy (non-hydrogen) atoms. The number of aryl methyl sites for hydroxylation is 2. The topological polar surface area (TPSA) is 47.6 Å². The summed E-state index contributed by atoms with van der Waals surface area (Å²) in [5.41, 5.74) is 2.89. The van der Waals surface area contributed by atoms with Crippen molar-refractivity contribution in [3.63, 3.8) is 0 Å². The van der Waals surface area contributed by atoms with Gasteiger partial charge in [-0.25, -0.2) is 0 Å². The first kappa shape index (κ1) is 19.1. The quantitative estimate of drug-likeness (QED) is 0.786. The third kappa shape index (κ3) is 5.40. The fourth-order valence-corrected chi connectivity index (χ4v) is 2.52. The molecule has 1 unspecified atom stereocenters. The van der Waals surface area contributed by atoms with Crippen molar-refractivity contribution >= 4 is 17.5 Å². The molecule has 0 saturated heterocycles. The van der Waals surface area contributed by atoms with E-state index in [9.17, 15) is 4.79 Å². The van der Waals surface area contributed by atoms with E-state index in [0.717, 1.165) is 5.75 Å². The SMILES string of the molecule is CCOc1ccc(C(=O)NC(C)COc2ccc(C)c(C)c2)cc1Cl. The van der Waals surface area contributed by atoms with E-state index in [0.29, 0.717) is 29.5 Å². The summed E-state index contributed by atoms with van der Waals surface area (Å²) in [7, 11) is 0. The van der Waals surface area contributed by atoms with E-state index in [1.165, 1.54) is 11.1 Å². The minimum absolute atomic E-state index is 0.139. The van der Waals surface area contributed by atoms with Crippen LogP contribution in [0.4, 0.5) is 0 Å². The molecule has 1 N–H and O–H groups in total. The highest BCUT2D eigenvalue weighted by Gasteiger charge is 2.13. The van der Waals surface area contributed by atoms with Gasteiger partial charge in [-0.05, 0) is 69.2 Å². The van der Waals surface area contributed by atoms with Crippen LogP contribution in [0.1, 0.15) is 35.3 Å². The van der Waals surface area contributed by atoms with Gasteiger partial charge in [0.2, 0.25) is 0 Å². The molecule has 0 aliphatic rings. The van der Waals surface area contributed by atoms with Gasteiger partial charge in [-0.1, -0.05) is 17.7 Å². The lowest BCUT2D eigenvalue weighted by Crippen LogP contribution is -2.36. The summed E-state index contributed by atoms with van der Waals surface area (Å²) in [4.78, 5) is 12.3. The first-order valence-corrected chi connectivity index (χ1v) is 8.71. The van der Waals surface area contributed by atoms with Crippen molar-refractivity contribution in [2.75, 3.05) is 13.2 Å². The Morgan fingerprint density at radius 3 is 2.52 bits per heavy atom. The first-order valence-electron chi connectivity index (χ1n) is 8.34. The fraction of sp³-hybridized carbons (Fsp3) is 0.350. The molecule has 0 aliphatic carbocycles. The lowest BCUT2D eigenvalue weighted by atomic mass is 10.1. The van der Waals surface area contributed by atoms with Gasteiger partial charge in [0.05, 0.1) is 17.7 Å².